The molecule has 1 aliphatic heterocycles. The van der Waals surface area contributed by atoms with E-state index < -0.39 is 0 Å². The van der Waals surface area contributed by atoms with Gasteiger partial charge in [0.25, 0.3) is 0 Å². The minimum Gasteiger partial charge on any atom is -0.356 e. The molecule has 4 heteroatoms. The smallest absolute Gasteiger partial charge is 0.220 e. The number of nitrogens with one attached hydrogen (secondary N) is 2. The van der Waals surface area contributed by atoms with Crippen LogP contribution in [-0.4, -0.2) is 25.5 Å². The lowest BCUT2D eigenvalue weighted by Crippen LogP contribution is -2.38. The van der Waals surface area contributed by atoms with Crippen molar-refractivity contribution in [1.29, 1.82) is 0 Å². The molecular weight excluding hydrogens is 188 g/mol. The second kappa shape index (κ2) is 4.29. The van der Waals surface area contributed by atoms with Gasteiger partial charge in [-0.2, -0.15) is 0 Å². The first-order valence-electron chi connectivity index (χ1n) is 4.73. The van der Waals surface area contributed by atoms with Crippen molar-refractivity contribution in [3.63, 3.8) is 0 Å². The predicted octanol–water partition coefficient (Wildman–Crippen LogP) is 0.542. The van der Waals surface area contributed by atoms with E-state index in [4.69, 9.17) is 0 Å². The Labute approximate surface area is 85.1 Å². The SMILES string of the molecule is CN[C@H]1C[C@H]2CNC(=O)C[C@H]2C1.Cl. The average molecular weight is 205 g/mol. The molecule has 13 heavy (non-hydrogen) atoms. The second-order valence-electron chi connectivity index (χ2n) is 3.99. The lowest BCUT2D eigenvalue weighted by Gasteiger charge is -2.24. The Bertz CT molecular complexity index is 198. The first-order valence-corrected chi connectivity index (χ1v) is 4.73. The summed E-state index contributed by atoms with van der Waals surface area (Å²) in [6.07, 6.45) is 3.18. The van der Waals surface area contributed by atoms with E-state index in [2.05, 4.69) is 10.6 Å². The van der Waals surface area contributed by atoms with Crippen molar-refractivity contribution in [2.45, 2.75) is 25.3 Å². The van der Waals surface area contributed by atoms with Crippen LogP contribution >= 0.6 is 12.4 Å². The van der Waals surface area contributed by atoms with Crippen molar-refractivity contribution < 1.29 is 4.79 Å². The number of carbonyl (C=O) groups excluding carboxylic acids is 1. The summed E-state index contributed by atoms with van der Waals surface area (Å²) in [5.74, 6) is 1.63. The molecule has 2 N–H and O–H groups in total. The zero-order chi connectivity index (χ0) is 8.55. The molecule has 3 atom stereocenters. The third kappa shape index (κ3) is 2.15. The lowest BCUT2D eigenvalue weighted by atomic mass is 9.89. The Kier molecular flexibility index (Phi) is 3.56. The predicted molar refractivity (Wildman–Crippen MR) is 53.9 cm³/mol. The van der Waals surface area contributed by atoms with Crippen LogP contribution in [0.1, 0.15) is 19.3 Å². The molecular formula is C9H17ClN2O. The molecule has 0 aromatic carbocycles. The van der Waals surface area contributed by atoms with Gasteiger partial charge in [-0.25, -0.2) is 0 Å². The first-order chi connectivity index (χ1) is 5.79. The van der Waals surface area contributed by atoms with Crippen LogP contribution in [0.5, 0.6) is 0 Å². The van der Waals surface area contributed by atoms with Crippen molar-refractivity contribution in [2.24, 2.45) is 11.8 Å². The number of carbonyl (C=O) groups is 1. The largest absolute Gasteiger partial charge is 0.356 e. The van der Waals surface area contributed by atoms with E-state index >= 15 is 0 Å². The highest BCUT2D eigenvalue weighted by molar-refractivity contribution is 5.85. The summed E-state index contributed by atoms with van der Waals surface area (Å²) in [5, 5.41) is 6.23. The van der Waals surface area contributed by atoms with Crippen LogP contribution < -0.4 is 10.6 Å². The lowest BCUT2D eigenvalue weighted by molar-refractivity contribution is -0.124. The van der Waals surface area contributed by atoms with Gasteiger partial charge in [0.1, 0.15) is 0 Å². The summed E-state index contributed by atoms with van der Waals surface area (Å²) in [6, 6.07) is 0.646. The first kappa shape index (κ1) is 10.8. The zero-order valence-electron chi connectivity index (χ0n) is 7.88. The molecule has 2 fully saturated rings. The average Bonchev–Trinajstić information content (AvgIpc) is 2.46. The molecule has 2 aliphatic rings. The highest BCUT2D eigenvalue weighted by Gasteiger charge is 2.37. The molecule has 0 aromatic rings. The van der Waals surface area contributed by atoms with Crippen LogP contribution in [0.4, 0.5) is 0 Å². The molecule has 1 amide bonds. The maximum Gasteiger partial charge on any atom is 0.220 e. The molecule has 76 valence electrons. The molecule has 2 rings (SSSR count). The molecule has 0 radical (unpaired) electrons. The number of hydrogen-bond donors (Lipinski definition) is 2. The maximum absolute atomic E-state index is 11.1. The summed E-state index contributed by atoms with van der Waals surface area (Å²) < 4.78 is 0. The van der Waals surface area contributed by atoms with Crippen molar-refractivity contribution in [2.75, 3.05) is 13.6 Å². The summed E-state index contributed by atoms with van der Waals surface area (Å²) in [6.45, 7) is 0.904. The van der Waals surface area contributed by atoms with Gasteiger partial charge in [0.15, 0.2) is 0 Å². The molecule has 1 aliphatic carbocycles. The van der Waals surface area contributed by atoms with Crippen LogP contribution in [0.3, 0.4) is 0 Å². The van der Waals surface area contributed by atoms with Crippen LogP contribution in [0.15, 0.2) is 0 Å². The third-order valence-electron chi connectivity index (χ3n) is 3.26. The van der Waals surface area contributed by atoms with Gasteiger partial charge in [0.2, 0.25) is 5.91 Å². The number of piperidine rings is 1. The standard InChI is InChI=1S/C9H16N2O.ClH/c1-10-8-2-6-4-9(12)11-5-7(6)3-8;/h6-8,10H,2-5H2,1H3,(H,11,12);1H/t6-,7+,8-;/m1./s1. The van der Waals surface area contributed by atoms with Gasteiger partial charge in [-0.1, -0.05) is 0 Å². The molecule has 0 bridgehead atoms. The van der Waals surface area contributed by atoms with Gasteiger partial charge in [-0.05, 0) is 31.7 Å². The van der Waals surface area contributed by atoms with Crippen molar-refractivity contribution in [1.82, 2.24) is 10.6 Å². The van der Waals surface area contributed by atoms with Crippen LogP contribution in [0.25, 0.3) is 0 Å². The van der Waals surface area contributed by atoms with Crippen molar-refractivity contribution >= 4 is 18.3 Å². The van der Waals surface area contributed by atoms with Gasteiger partial charge >= 0.3 is 0 Å². The molecule has 0 unspecified atom stereocenters. The number of rotatable bonds is 1. The van der Waals surface area contributed by atoms with E-state index in [1.54, 1.807) is 0 Å². The minimum absolute atomic E-state index is 0. The van der Waals surface area contributed by atoms with Crippen LogP contribution in [-0.2, 0) is 4.79 Å². The fourth-order valence-corrected chi connectivity index (χ4v) is 2.50. The molecule has 0 spiro atoms. The normalized spacial score (nSPS) is 37.6. The fraction of sp³-hybridized carbons (Fsp3) is 0.889. The Morgan fingerprint density at radius 3 is 2.77 bits per heavy atom. The van der Waals surface area contributed by atoms with Crippen LogP contribution in [0, 0.1) is 11.8 Å². The maximum atomic E-state index is 11.1. The van der Waals surface area contributed by atoms with Gasteiger partial charge in [-0.3, -0.25) is 4.79 Å². The Morgan fingerprint density at radius 1 is 1.38 bits per heavy atom. The Balaban J connectivity index is 0.000000845. The van der Waals surface area contributed by atoms with Crippen molar-refractivity contribution in [3.05, 3.63) is 0 Å². The Morgan fingerprint density at radius 2 is 2.08 bits per heavy atom. The number of fused-ring (bicyclic) bond motifs is 1. The summed E-state index contributed by atoms with van der Waals surface area (Å²) in [7, 11) is 2.01. The molecule has 3 nitrogen and oxygen atoms in total. The van der Waals surface area contributed by atoms with E-state index in [0.29, 0.717) is 12.0 Å². The van der Waals surface area contributed by atoms with Gasteiger partial charge in [0.05, 0.1) is 0 Å². The molecule has 1 heterocycles. The molecule has 1 saturated carbocycles. The van der Waals surface area contributed by atoms with Gasteiger partial charge in [-0.15, -0.1) is 12.4 Å². The van der Waals surface area contributed by atoms with E-state index in [1.165, 1.54) is 12.8 Å². The van der Waals surface area contributed by atoms with Crippen LogP contribution in [0.2, 0.25) is 0 Å². The summed E-state index contributed by atoms with van der Waals surface area (Å²) in [5.41, 5.74) is 0. The highest BCUT2D eigenvalue weighted by atomic mass is 35.5. The Hall–Kier alpha value is -0.280. The van der Waals surface area contributed by atoms with E-state index in [-0.39, 0.29) is 18.3 Å². The zero-order valence-corrected chi connectivity index (χ0v) is 8.69. The summed E-state index contributed by atoms with van der Waals surface area (Å²) in [4.78, 5) is 11.1. The van der Waals surface area contributed by atoms with E-state index in [1.807, 2.05) is 7.05 Å². The fourth-order valence-electron chi connectivity index (χ4n) is 2.50. The minimum atomic E-state index is 0. The van der Waals surface area contributed by atoms with Gasteiger partial charge < -0.3 is 10.6 Å². The number of halogens is 1. The number of hydrogen-bond acceptors (Lipinski definition) is 2. The third-order valence-corrected chi connectivity index (χ3v) is 3.26. The number of amides is 1. The molecule has 0 aromatic heterocycles. The quantitative estimate of drug-likeness (QED) is 0.655. The van der Waals surface area contributed by atoms with E-state index in [0.717, 1.165) is 18.9 Å². The highest BCUT2D eigenvalue weighted by Crippen LogP contribution is 2.35. The van der Waals surface area contributed by atoms with Crippen molar-refractivity contribution in [3.8, 4) is 0 Å². The summed E-state index contributed by atoms with van der Waals surface area (Å²) >= 11 is 0. The monoisotopic (exact) mass is 204 g/mol. The van der Waals surface area contributed by atoms with E-state index in [9.17, 15) is 4.79 Å². The van der Waals surface area contributed by atoms with Gasteiger partial charge in [0, 0.05) is 19.0 Å². The topological polar surface area (TPSA) is 41.1 Å². The second-order valence-corrected chi connectivity index (χ2v) is 3.99. The molecule has 1 saturated heterocycles.